The lowest BCUT2D eigenvalue weighted by molar-refractivity contribution is -0.120. The molecular weight excluding hydrogens is 444 g/mol. The quantitative estimate of drug-likeness (QED) is 0.383. The summed E-state index contributed by atoms with van der Waals surface area (Å²) in [5, 5.41) is 2.25. The normalized spacial score (nSPS) is 11.9. The van der Waals surface area contributed by atoms with Gasteiger partial charge < -0.3 is 15.2 Å². The number of ether oxygens (including phenoxy) is 2. The number of aromatic nitrogens is 2. The standard InChI is InChI=1S/C23H26N4O5S/c1-13(2)19(20(28)26-22(24)30)33-23-25-16-8-6-5-7-15(16)21(29)27(23)12-14-9-10-17(31-3)18(11-14)32-4/h5-11,13,19H,12H2,1-4H3,(H3,24,26,28,30). The summed E-state index contributed by atoms with van der Waals surface area (Å²) < 4.78 is 12.2. The van der Waals surface area contributed by atoms with Crippen LogP contribution in [0, 0.1) is 5.92 Å². The topological polar surface area (TPSA) is 126 Å². The SMILES string of the molecule is COc1ccc(Cn2c(SC(C(=O)NC(N)=O)C(C)C)nc3ccccc3c2=O)cc1OC. The van der Waals surface area contributed by atoms with E-state index in [1.807, 2.05) is 19.9 Å². The Bertz CT molecular complexity index is 1240. The number of amides is 3. The predicted molar refractivity (Wildman–Crippen MR) is 127 cm³/mol. The minimum absolute atomic E-state index is 0.160. The number of benzene rings is 2. The Labute approximate surface area is 195 Å². The monoisotopic (exact) mass is 470 g/mol. The third-order valence-electron chi connectivity index (χ3n) is 4.96. The van der Waals surface area contributed by atoms with Gasteiger partial charge in [0.25, 0.3) is 5.56 Å². The van der Waals surface area contributed by atoms with Gasteiger partial charge in [-0.15, -0.1) is 0 Å². The maximum Gasteiger partial charge on any atom is 0.318 e. The van der Waals surface area contributed by atoms with Crippen LogP contribution in [-0.4, -0.2) is 41.0 Å². The molecule has 0 radical (unpaired) electrons. The molecule has 0 aliphatic carbocycles. The number of para-hydroxylation sites is 1. The molecule has 0 aliphatic heterocycles. The number of rotatable bonds is 8. The number of methoxy groups -OCH3 is 2. The Morgan fingerprint density at radius 3 is 2.45 bits per heavy atom. The zero-order valence-electron chi connectivity index (χ0n) is 18.8. The summed E-state index contributed by atoms with van der Waals surface area (Å²) in [6.45, 7) is 3.88. The van der Waals surface area contributed by atoms with Crippen molar-refractivity contribution in [3.8, 4) is 11.5 Å². The van der Waals surface area contributed by atoms with E-state index in [-0.39, 0.29) is 18.0 Å². The van der Waals surface area contributed by atoms with Crippen LogP contribution in [0.1, 0.15) is 19.4 Å². The molecule has 33 heavy (non-hydrogen) atoms. The van der Waals surface area contributed by atoms with Crippen LogP contribution in [0.2, 0.25) is 0 Å². The summed E-state index contributed by atoms with van der Waals surface area (Å²) >= 11 is 1.12. The summed E-state index contributed by atoms with van der Waals surface area (Å²) in [6, 6.07) is 11.5. The highest BCUT2D eigenvalue weighted by Crippen LogP contribution is 2.30. The van der Waals surface area contributed by atoms with Crippen LogP contribution in [0.25, 0.3) is 10.9 Å². The van der Waals surface area contributed by atoms with E-state index in [2.05, 4.69) is 10.3 Å². The Morgan fingerprint density at radius 2 is 1.82 bits per heavy atom. The minimum atomic E-state index is -0.930. The zero-order chi connectivity index (χ0) is 24.1. The summed E-state index contributed by atoms with van der Waals surface area (Å²) in [6.07, 6.45) is 0. The van der Waals surface area contributed by atoms with Gasteiger partial charge in [0.1, 0.15) is 0 Å². The van der Waals surface area contributed by atoms with Gasteiger partial charge in [-0.05, 0) is 35.7 Å². The van der Waals surface area contributed by atoms with E-state index in [0.717, 1.165) is 17.3 Å². The molecule has 0 saturated heterocycles. The number of imide groups is 1. The fourth-order valence-electron chi connectivity index (χ4n) is 3.34. The van der Waals surface area contributed by atoms with Crippen molar-refractivity contribution < 1.29 is 19.1 Å². The van der Waals surface area contributed by atoms with Crippen molar-refractivity contribution in [3.63, 3.8) is 0 Å². The van der Waals surface area contributed by atoms with E-state index in [1.54, 1.807) is 43.5 Å². The average Bonchev–Trinajstić information content (AvgIpc) is 2.78. The van der Waals surface area contributed by atoms with Crippen LogP contribution in [0.4, 0.5) is 4.79 Å². The molecule has 3 amide bonds. The van der Waals surface area contributed by atoms with Gasteiger partial charge in [-0.25, -0.2) is 9.78 Å². The number of nitrogens with zero attached hydrogens (tertiary/aromatic N) is 2. The molecule has 3 aromatic rings. The molecule has 174 valence electrons. The number of hydrogen-bond acceptors (Lipinski definition) is 7. The van der Waals surface area contributed by atoms with Crippen molar-refractivity contribution in [1.82, 2.24) is 14.9 Å². The van der Waals surface area contributed by atoms with Gasteiger partial charge in [0, 0.05) is 0 Å². The number of carbonyl (C=O) groups excluding carboxylic acids is 2. The van der Waals surface area contributed by atoms with Crippen LogP contribution in [-0.2, 0) is 11.3 Å². The van der Waals surface area contributed by atoms with Crippen molar-refractivity contribution in [3.05, 3.63) is 58.4 Å². The lowest BCUT2D eigenvalue weighted by atomic mass is 10.1. The molecule has 0 aliphatic rings. The highest BCUT2D eigenvalue weighted by atomic mass is 32.2. The first kappa shape index (κ1) is 24.1. The maximum absolute atomic E-state index is 13.4. The van der Waals surface area contributed by atoms with Gasteiger partial charge in [-0.1, -0.05) is 43.8 Å². The fraction of sp³-hybridized carbons (Fsp3) is 0.304. The first-order valence-corrected chi connectivity index (χ1v) is 11.1. The van der Waals surface area contributed by atoms with Crippen molar-refractivity contribution >= 4 is 34.6 Å². The number of nitrogens with two attached hydrogens (primary N) is 1. The molecule has 3 N–H and O–H groups in total. The Hall–Kier alpha value is -3.53. The smallest absolute Gasteiger partial charge is 0.318 e. The van der Waals surface area contributed by atoms with Crippen molar-refractivity contribution in [2.45, 2.75) is 30.8 Å². The van der Waals surface area contributed by atoms with Gasteiger partial charge in [0.2, 0.25) is 5.91 Å². The van der Waals surface area contributed by atoms with E-state index in [4.69, 9.17) is 15.2 Å². The molecule has 0 bridgehead atoms. The Kier molecular flexibility index (Phi) is 7.59. The molecule has 1 heterocycles. The van der Waals surface area contributed by atoms with E-state index in [9.17, 15) is 14.4 Å². The number of urea groups is 1. The molecule has 1 aromatic heterocycles. The molecule has 0 fully saturated rings. The molecule has 2 aromatic carbocycles. The lowest BCUT2D eigenvalue weighted by Gasteiger charge is -2.21. The molecule has 9 nitrogen and oxygen atoms in total. The number of nitrogens with one attached hydrogen (secondary N) is 1. The summed E-state index contributed by atoms with van der Waals surface area (Å²) in [5.41, 5.74) is 6.20. The zero-order valence-corrected chi connectivity index (χ0v) is 19.6. The van der Waals surface area contributed by atoms with E-state index >= 15 is 0 Å². The van der Waals surface area contributed by atoms with Crippen molar-refractivity contribution in [2.24, 2.45) is 11.7 Å². The molecular formula is C23H26N4O5S. The minimum Gasteiger partial charge on any atom is -0.493 e. The molecule has 0 spiro atoms. The highest BCUT2D eigenvalue weighted by molar-refractivity contribution is 8.00. The van der Waals surface area contributed by atoms with E-state index < -0.39 is 17.2 Å². The van der Waals surface area contributed by atoms with Gasteiger partial charge in [0.05, 0.1) is 36.9 Å². The third-order valence-corrected chi connectivity index (χ3v) is 6.49. The van der Waals surface area contributed by atoms with Crippen LogP contribution in [0.5, 0.6) is 11.5 Å². The fourth-order valence-corrected chi connectivity index (χ4v) is 4.43. The third kappa shape index (κ3) is 5.46. The van der Waals surface area contributed by atoms with Gasteiger partial charge >= 0.3 is 6.03 Å². The number of carbonyl (C=O) groups is 2. The largest absolute Gasteiger partial charge is 0.493 e. The van der Waals surface area contributed by atoms with Crippen molar-refractivity contribution in [2.75, 3.05) is 14.2 Å². The Morgan fingerprint density at radius 1 is 1.12 bits per heavy atom. The van der Waals surface area contributed by atoms with Crippen LogP contribution in [0.15, 0.2) is 52.4 Å². The van der Waals surface area contributed by atoms with Gasteiger partial charge in [0.15, 0.2) is 16.7 Å². The summed E-state index contributed by atoms with van der Waals surface area (Å²) in [7, 11) is 3.09. The second-order valence-electron chi connectivity index (χ2n) is 7.63. The van der Waals surface area contributed by atoms with E-state index in [0.29, 0.717) is 27.6 Å². The van der Waals surface area contributed by atoms with Crippen LogP contribution >= 0.6 is 11.8 Å². The number of thioether (sulfide) groups is 1. The highest BCUT2D eigenvalue weighted by Gasteiger charge is 2.27. The van der Waals surface area contributed by atoms with Crippen molar-refractivity contribution in [1.29, 1.82) is 0 Å². The first-order chi connectivity index (χ1) is 15.7. The second-order valence-corrected chi connectivity index (χ2v) is 8.74. The first-order valence-electron chi connectivity index (χ1n) is 10.2. The Balaban J connectivity index is 2.10. The molecule has 1 atom stereocenters. The van der Waals surface area contributed by atoms with Crippen LogP contribution in [0.3, 0.4) is 0 Å². The predicted octanol–water partition coefficient (Wildman–Crippen LogP) is 2.77. The summed E-state index contributed by atoms with van der Waals surface area (Å²) in [5.74, 6) is 0.407. The number of primary amides is 1. The second kappa shape index (κ2) is 10.4. The maximum atomic E-state index is 13.4. The molecule has 10 heteroatoms. The van der Waals surface area contributed by atoms with Crippen LogP contribution < -0.4 is 26.1 Å². The van der Waals surface area contributed by atoms with E-state index in [1.165, 1.54) is 11.7 Å². The lowest BCUT2D eigenvalue weighted by Crippen LogP contribution is -2.42. The molecule has 0 saturated carbocycles. The average molecular weight is 471 g/mol. The molecule has 3 rings (SSSR count). The number of hydrogen-bond donors (Lipinski definition) is 2. The molecule has 1 unspecified atom stereocenters. The van der Waals surface area contributed by atoms with Gasteiger partial charge in [-0.3, -0.25) is 19.5 Å². The summed E-state index contributed by atoms with van der Waals surface area (Å²) in [4.78, 5) is 41.9. The van der Waals surface area contributed by atoms with Gasteiger partial charge in [-0.2, -0.15) is 0 Å². The number of fused-ring (bicyclic) bond motifs is 1.